The van der Waals surface area contributed by atoms with E-state index in [-0.39, 0.29) is 6.04 Å². The summed E-state index contributed by atoms with van der Waals surface area (Å²) in [5.41, 5.74) is 2.16. The van der Waals surface area contributed by atoms with Gasteiger partial charge >= 0.3 is 0 Å². The molecule has 0 radical (unpaired) electrons. The highest BCUT2D eigenvalue weighted by Gasteiger charge is 2.26. The standard InChI is InChI=1S/C13H19N5O2S2/c1-10-16-11(9-21-10)6-17-7-12-3-4-14-18(12)13(8-17)5-15-22(2,19)20/h3-4,9,13,15H,5-8H2,1-2H3/t13-/m0/s1. The molecule has 1 aliphatic rings. The van der Waals surface area contributed by atoms with Crippen LogP contribution in [-0.4, -0.2) is 47.4 Å². The third kappa shape index (κ3) is 3.72. The van der Waals surface area contributed by atoms with Crippen LogP contribution in [0, 0.1) is 6.92 Å². The maximum absolute atomic E-state index is 11.3. The smallest absolute Gasteiger partial charge is 0.208 e. The van der Waals surface area contributed by atoms with Crippen molar-refractivity contribution in [3.8, 4) is 0 Å². The van der Waals surface area contributed by atoms with E-state index in [0.717, 1.165) is 36.0 Å². The Kier molecular flexibility index (Phi) is 4.31. The van der Waals surface area contributed by atoms with Gasteiger partial charge in [-0.1, -0.05) is 0 Å². The highest BCUT2D eigenvalue weighted by Crippen LogP contribution is 2.22. The number of nitrogens with zero attached hydrogens (tertiary/aromatic N) is 4. The van der Waals surface area contributed by atoms with E-state index in [1.807, 2.05) is 17.7 Å². The molecule has 0 amide bonds. The van der Waals surface area contributed by atoms with Gasteiger partial charge in [0.05, 0.1) is 28.7 Å². The van der Waals surface area contributed by atoms with Gasteiger partial charge in [0, 0.05) is 37.8 Å². The molecule has 0 aromatic carbocycles. The predicted molar refractivity (Wildman–Crippen MR) is 85.1 cm³/mol. The lowest BCUT2D eigenvalue weighted by molar-refractivity contribution is 0.166. The van der Waals surface area contributed by atoms with Crippen LogP contribution in [-0.2, 0) is 23.1 Å². The van der Waals surface area contributed by atoms with E-state index in [4.69, 9.17) is 0 Å². The fourth-order valence-electron chi connectivity index (χ4n) is 2.69. The van der Waals surface area contributed by atoms with E-state index in [2.05, 4.69) is 25.1 Å². The molecule has 7 nitrogen and oxygen atoms in total. The van der Waals surface area contributed by atoms with E-state index in [9.17, 15) is 8.42 Å². The minimum atomic E-state index is -3.20. The van der Waals surface area contributed by atoms with Gasteiger partial charge in [-0.3, -0.25) is 9.58 Å². The van der Waals surface area contributed by atoms with Crippen molar-refractivity contribution < 1.29 is 8.42 Å². The third-order valence-corrected chi connectivity index (χ3v) is 5.10. The molecular formula is C13H19N5O2S2. The molecule has 22 heavy (non-hydrogen) atoms. The maximum Gasteiger partial charge on any atom is 0.208 e. The molecule has 0 saturated heterocycles. The summed E-state index contributed by atoms with van der Waals surface area (Å²) in [4.78, 5) is 6.78. The predicted octanol–water partition coefficient (Wildman–Crippen LogP) is 0.754. The molecular weight excluding hydrogens is 322 g/mol. The topological polar surface area (TPSA) is 80.1 Å². The molecule has 0 spiro atoms. The Morgan fingerprint density at radius 3 is 3.00 bits per heavy atom. The van der Waals surface area contributed by atoms with Crippen molar-refractivity contribution in [2.45, 2.75) is 26.1 Å². The first-order valence-electron chi connectivity index (χ1n) is 7.01. The molecule has 2 aromatic heterocycles. The Morgan fingerprint density at radius 2 is 2.32 bits per heavy atom. The van der Waals surface area contributed by atoms with Gasteiger partial charge in [-0.05, 0) is 13.0 Å². The Morgan fingerprint density at radius 1 is 1.50 bits per heavy atom. The number of hydrogen-bond acceptors (Lipinski definition) is 6. The van der Waals surface area contributed by atoms with Gasteiger partial charge < -0.3 is 0 Å². The highest BCUT2D eigenvalue weighted by atomic mass is 32.2. The number of fused-ring (bicyclic) bond motifs is 1. The van der Waals surface area contributed by atoms with Gasteiger partial charge in [0.1, 0.15) is 0 Å². The van der Waals surface area contributed by atoms with E-state index in [0.29, 0.717) is 6.54 Å². The summed E-state index contributed by atoms with van der Waals surface area (Å²) in [5.74, 6) is 0. The third-order valence-electron chi connectivity index (χ3n) is 3.59. The monoisotopic (exact) mass is 341 g/mol. The van der Waals surface area contributed by atoms with Gasteiger partial charge in [-0.15, -0.1) is 11.3 Å². The minimum absolute atomic E-state index is 0.00629. The quantitative estimate of drug-likeness (QED) is 0.868. The summed E-state index contributed by atoms with van der Waals surface area (Å²) in [5, 5.41) is 7.46. The first kappa shape index (κ1) is 15.6. The largest absolute Gasteiger partial charge is 0.290 e. The van der Waals surface area contributed by atoms with Crippen LogP contribution < -0.4 is 4.72 Å². The zero-order valence-corrected chi connectivity index (χ0v) is 14.2. The molecule has 0 aliphatic carbocycles. The van der Waals surface area contributed by atoms with Crippen molar-refractivity contribution in [1.29, 1.82) is 0 Å². The second-order valence-electron chi connectivity index (χ2n) is 5.57. The van der Waals surface area contributed by atoms with Crippen LogP contribution in [0.15, 0.2) is 17.6 Å². The molecule has 120 valence electrons. The second-order valence-corrected chi connectivity index (χ2v) is 8.46. The van der Waals surface area contributed by atoms with Gasteiger partial charge in [-0.2, -0.15) is 5.10 Å². The minimum Gasteiger partial charge on any atom is -0.290 e. The number of hydrogen-bond donors (Lipinski definition) is 1. The van der Waals surface area contributed by atoms with Crippen molar-refractivity contribution in [2.75, 3.05) is 19.3 Å². The lowest BCUT2D eigenvalue weighted by atomic mass is 10.2. The zero-order valence-electron chi connectivity index (χ0n) is 12.6. The Balaban J connectivity index is 1.73. The summed E-state index contributed by atoms with van der Waals surface area (Å²) < 4.78 is 27.2. The molecule has 3 heterocycles. The Labute approximate surface area is 134 Å². The van der Waals surface area contributed by atoms with Gasteiger partial charge in [0.15, 0.2) is 0 Å². The van der Waals surface area contributed by atoms with Crippen molar-refractivity contribution in [3.63, 3.8) is 0 Å². The average molecular weight is 341 g/mol. The van der Waals surface area contributed by atoms with E-state index in [1.54, 1.807) is 17.5 Å². The number of thiazole rings is 1. The number of rotatable bonds is 5. The SMILES string of the molecule is Cc1nc(CN2Cc3ccnn3[C@@H](CNS(C)(=O)=O)C2)cs1. The second kappa shape index (κ2) is 6.07. The molecule has 3 rings (SSSR count). The molecule has 0 saturated carbocycles. The number of sulfonamides is 1. The van der Waals surface area contributed by atoms with E-state index >= 15 is 0 Å². The molecule has 2 aromatic rings. The van der Waals surface area contributed by atoms with Crippen LogP contribution in [0.5, 0.6) is 0 Å². The first-order valence-corrected chi connectivity index (χ1v) is 9.78. The summed E-state index contributed by atoms with van der Waals surface area (Å²) in [6, 6.07) is 1.97. The normalized spacial score (nSPS) is 19.3. The molecule has 0 fully saturated rings. The fourth-order valence-corrected chi connectivity index (χ4v) is 3.79. The van der Waals surface area contributed by atoms with Crippen LogP contribution >= 0.6 is 11.3 Å². The van der Waals surface area contributed by atoms with Crippen LogP contribution in [0.1, 0.15) is 22.4 Å². The van der Waals surface area contributed by atoms with Crippen LogP contribution in [0.2, 0.25) is 0 Å². The number of nitrogens with one attached hydrogen (secondary N) is 1. The fraction of sp³-hybridized carbons (Fsp3) is 0.538. The zero-order chi connectivity index (χ0) is 15.7. The van der Waals surface area contributed by atoms with E-state index in [1.165, 1.54) is 6.26 Å². The lowest BCUT2D eigenvalue weighted by Gasteiger charge is -2.33. The van der Waals surface area contributed by atoms with Crippen molar-refractivity contribution in [2.24, 2.45) is 0 Å². The van der Waals surface area contributed by atoms with Crippen molar-refractivity contribution in [3.05, 3.63) is 34.0 Å². The van der Waals surface area contributed by atoms with Crippen LogP contribution in [0.25, 0.3) is 0 Å². The Hall–Kier alpha value is -1.29. The molecule has 9 heteroatoms. The van der Waals surface area contributed by atoms with Gasteiger partial charge in [-0.25, -0.2) is 18.1 Å². The summed E-state index contributed by atoms with van der Waals surface area (Å²) >= 11 is 1.65. The van der Waals surface area contributed by atoms with Crippen LogP contribution in [0.3, 0.4) is 0 Å². The number of aryl methyl sites for hydroxylation is 1. The summed E-state index contributed by atoms with van der Waals surface area (Å²) in [7, 11) is -3.20. The molecule has 0 unspecified atom stereocenters. The molecule has 1 N–H and O–H groups in total. The van der Waals surface area contributed by atoms with Crippen molar-refractivity contribution in [1.82, 2.24) is 24.4 Å². The summed E-state index contributed by atoms with van der Waals surface area (Å²) in [6.07, 6.45) is 2.94. The number of aromatic nitrogens is 3. The average Bonchev–Trinajstić information content (AvgIpc) is 3.04. The first-order chi connectivity index (χ1) is 10.4. The van der Waals surface area contributed by atoms with Crippen LogP contribution in [0.4, 0.5) is 0 Å². The highest BCUT2D eigenvalue weighted by molar-refractivity contribution is 7.88. The van der Waals surface area contributed by atoms with Gasteiger partial charge in [0.2, 0.25) is 10.0 Å². The lowest BCUT2D eigenvalue weighted by Crippen LogP contribution is -2.42. The van der Waals surface area contributed by atoms with Gasteiger partial charge in [0.25, 0.3) is 0 Å². The molecule has 1 aliphatic heterocycles. The molecule has 0 bridgehead atoms. The van der Waals surface area contributed by atoms with Crippen molar-refractivity contribution >= 4 is 21.4 Å². The Bertz CT molecular complexity index is 752. The summed E-state index contributed by atoms with van der Waals surface area (Å²) in [6.45, 7) is 4.66. The maximum atomic E-state index is 11.3. The van der Waals surface area contributed by atoms with E-state index < -0.39 is 10.0 Å². The molecule has 1 atom stereocenters.